The molecule has 2 aromatic carbocycles. The number of sulfone groups is 1. The lowest BCUT2D eigenvalue weighted by molar-refractivity contribution is -0.115. The number of aryl methyl sites for hydroxylation is 2. The van der Waals surface area contributed by atoms with Crippen LogP contribution >= 0.6 is 0 Å². The van der Waals surface area contributed by atoms with Crippen LogP contribution < -0.4 is 10.1 Å². The van der Waals surface area contributed by atoms with E-state index in [9.17, 15) is 13.2 Å². The first kappa shape index (κ1) is 23.7. The van der Waals surface area contributed by atoms with Crippen LogP contribution in [0.3, 0.4) is 0 Å². The van der Waals surface area contributed by atoms with Gasteiger partial charge in [0.15, 0.2) is 9.84 Å². The minimum absolute atomic E-state index is 0.0990. The van der Waals surface area contributed by atoms with Gasteiger partial charge in [-0.05, 0) is 80.0 Å². The monoisotopic (exact) mass is 516 g/mol. The lowest BCUT2D eigenvalue weighted by Gasteiger charge is -2.61. The smallest absolute Gasteiger partial charge is 0.228 e. The van der Waals surface area contributed by atoms with Crippen LogP contribution in [0.4, 0.5) is 5.69 Å². The molecule has 3 aliphatic carbocycles. The summed E-state index contributed by atoms with van der Waals surface area (Å²) < 4.78 is 32.4. The van der Waals surface area contributed by atoms with E-state index in [-0.39, 0.29) is 22.8 Å². The van der Waals surface area contributed by atoms with Gasteiger partial charge in [0.25, 0.3) is 0 Å². The van der Waals surface area contributed by atoms with Crippen molar-refractivity contribution < 1.29 is 17.9 Å². The van der Waals surface area contributed by atoms with E-state index in [1.807, 2.05) is 36.9 Å². The first-order valence-electron chi connectivity index (χ1n) is 12.3. The average Bonchev–Trinajstić information content (AvgIpc) is 3.20. The van der Waals surface area contributed by atoms with Crippen molar-refractivity contribution in [3.8, 4) is 11.5 Å². The third-order valence-electron chi connectivity index (χ3n) is 7.56. The number of pyridine rings is 1. The molecule has 0 spiro atoms. The van der Waals surface area contributed by atoms with E-state index in [0.29, 0.717) is 22.4 Å². The highest BCUT2D eigenvalue weighted by molar-refractivity contribution is 7.90. The van der Waals surface area contributed by atoms with E-state index in [4.69, 9.17) is 4.74 Å². The normalized spacial score (nSPS) is 20.2. The lowest BCUT2D eigenvalue weighted by Crippen LogP contribution is -2.59. The van der Waals surface area contributed by atoms with Gasteiger partial charge < -0.3 is 10.1 Å². The number of benzene rings is 2. The summed E-state index contributed by atoms with van der Waals surface area (Å²) in [7, 11) is -3.37. The van der Waals surface area contributed by atoms with Gasteiger partial charge in [-0.15, -0.1) is 0 Å². The molecule has 2 bridgehead atoms. The van der Waals surface area contributed by atoms with E-state index in [0.717, 1.165) is 28.3 Å². The molecular weight excluding hydrogens is 488 g/mol. The Labute approximate surface area is 215 Å². The largest absolute Gasteiger partial charge is 0.456 e. The van der Waals surface area contributed by atoms with Crippen molar-refractivity contribution in [2.75, 3.05) is 11.6 Å². The molecule has 0 aliphatic heterocycles. The van der Waals surface area contributed by atoms with Crippen molar-refractivity contribution in [3.05, 3.63) is 71.7 Å². The summed E-state index contributed by atoms with van der Waals surface area (Å²) in [4.78, 5) is 17.3. The molecule has 1 amide bonds. The third-order valence-corrected chi connectivity index (χ3v) is 8.67. The summed E-state index contributed by atoms with van der Waals surface area (Å²) in [5, 5.41) is 8.06. The van der Waals surface area contributed by atoms with Gasteiger partial charge in [0, 0.05) is 24.0 Å². The highest BCUT2D eigenvalue weighted by Crippen LogP contribution is 2.62. The summed E-state index contributed by atoms with van der Waals surface area (Å²) in [6.07, 6.45) is 10.3. The Morgan fingerprint density at radius 3 is 2.51 bits per heavy atom. The van der Waals surface area contributed by atoms with Crippen LogP contribution in [-0.2, 0) is 26.6 Å². The number of nitrogens with zero attached hydrogens (tertiary/aromatic N) is 3. The number of nitrogens with one attached hydrogen (secondary N) is 1. The predicted molar refractivity (Wildman–Crippen MR) is 141 cm³/mol. The summed E-state index contributed by atoms with van der Waals surface area (Å²) >= 11 is 0. The number of carbonyl (C=O) groups is 1. The quantitative estimate of drug-likeness (QED) is 0.373. The fraction of sp³-hybridized carbons (Fsp3) is 0.321. The molecule has 4 aromatic rings. The standard InChI is InChI=1S/C28H28N4O4S/c1-17-8-19(10-26(33)31-21-15-30-32(16-21)28-12-20(13-28)14-28)9-18(2)27(17)36-25-6-7-29-24-5-4-22(11-23(24)25)37(3,34)35/h4-9,11,15-16,20H,10,12-14H2,1-3H3,(H,31,33). The third kappa shape index (κ3) is 4.27. The van der Waals surface area contributed by atoms with Crippen LogP contribution in [0, 0.1) is 19.8 Å². The molecule has 8 nitrogen and oxygen atoms in total. The van der Waals surface area contributed by atoms with Crippen molar-refractivity contribution in [1.82, 2.24) is 14.8 Å². The molecule has 0 atom stereocenters. The second-order valence-corrected chi connectivity index (χ2v) is 12.5. The second kappa shape index (κ2) is 8.41. The topological polar surface area (TPSA) is 103 Å². The molecule has 190 valence electrons. The average molecular weight is 517 g/mol. The van der Waals surface area contributed by atoms with E-state index in [1.54, 1.807) is 36.7 Å². The predicted octanol–water partition coefficient (Wildman–Crippen LogP) is 4.93. The Hall–Kier alpha value is -3.72. The molecule has 3 fully saturated rings. The molecule has 0 radical (unpaired) electrons. The first-order valence-corrected chi connectivity index (χ1v) is 14.2. The number of hydrogen-bond acceptors (Lipinski definition) is 6. The zero-order valence-corrected chi connectivity index (χ0v) is 21.8. The maximum atomic E-state index is 12.8. The van der Waals surface area contributed by atoms with Gasteiger partial charge in [-0.25, -0.2) is 8.42 Å². The number of fused-ring (bicyclic) bond motifs is 1. The van der Waals surface area contributed by atoms with Crippen LogP contribution in [0.1, 0.15) is 36.0 Å². The molecule has 3 aliphatic rings. The summed E-state index contributed by atoms with van der Waals surface area (Å²) in [5.41, 5.74) is 4.20. The number of carbonyl (C=O) groups excluding carboxylic acids is 1. The molecule has 2 heterocycles. The van der Waals surface area contributed by atoms with Gasteiger partial charge >= 0.3 is 0 Å². The maximum Gasteiger partial charge on any atom is 0.228 e. The van der Waals surface area contributed by atoms with Crippen LogP contribution in [0.5, 0.6) is 11.5 Å². The molecule has 37 heavy (non-hydrogen) atoms. The fourth-order valence-corrected chi connectivity index (χ4v) is 6.23. The molecule has 9 heteroatoms. The fourth-order valence-electron chi connectivity index (χ4n) is 5.58. The Morgan fingerprint density at radius 1 is 1.14 bits per heavy atom. The van der Waals surface area contributed by atoms with E-state index < -0.39 is 9.84 Å². The Bertz CT molecular complexity index is 1630. The number of aromatic nitrogens is 3. The zero-order chi connectivity index (χ0) is 25.9. The van der Waals surface area contributed by atoms with Gasteiger partial charge in [-0.3, -0.25) is 14.5 Å². The number of rotatable bonds is 7. The number of amides is 1. The van der Waals surface area contributed by atoms with Crippen LogP contribution in [0.2, 0.25) is 0 Å². The van der Waals surface area contributed by atoms with Crippen molar-refractivity contribution in [2.24, 2.45) is 5.92 Å². The highest BCUT2D eigenvalue weighted by Gasteiger charge is 2.58. The van der Waals surface area contributed by atoms with E-state index in [1.165, 1.54) is 25.5 Å². The van der Waals surface area contributed by atoms with Crippen LogP contribution in [0.25, 0.3) is 10.9 Å². The minimum atomic E-state index is -3.37. The maximum absolute atomic E-state index is 12.8. The molecule has 0 saturated heterocycles. The minimum Gasteiger partial charge on any atom is -0.456 e. The van der Waals surface area contributed by atoms with Crippen LogP contribution in [0.15, 0.2) is 59.9 Å². The molecule has 1 N–H and O–H groups in total. The summed E-state index contributed by atoms with van der Waals surface area (Å²) in [6.45, 7) is 3.87. The first-order chi connectivity index (χ1) is 17.6. The number of ether oxygens (including phenoxy) is 1. The molecule has 0 unspecified atom stereocenters. The molecular formula is C28H28N4O4S. The van der Waals surface area contributed by atoms with E-state index >= 15 is 0 Å². The van der Waals surface area contributed by atoms with Crippen molar-refractivity contribution in [3.63, 3.8) is 0 Å². The van der Waals surface area contributed by atoms with Crippen molar-refractivity contribution >= 4 is 32.3 Å². The second-order valence-electron chi connectivity index (χ2n) is 10.5. The van der Waals surface area contributed by atoms with Gasteiger partial charge in [0.1, 0.15) is 11.5 Å². The molecule has 3 saturated carbocycles. The van der Waals surface area contributed by atoms with Gasteiger partial charge in [-0.2, -0.15) is 5.10 Å². The van der Waals surface area contributed by atoms with Crippen LogP contribution in [-0.4, -0.2) is 35.3 Å². The number of anilines is 1. The summed E-state index contributed by atoms with van der Waals surface area (Å²) in [5.74, 6) is 1.95. The van der Waals surface area contributed by atoms with E-state index in [2.05, 4.69) is 15.4 Å². The van der Waals surface area contributed by atoms with Gasteiger partial charge in [-0.1, -0.05) is 12.1 Å². The van der Waals surface area contributed by atoms with Crippen molar-refractivity contribution in [1.29, 1.82) is 0 Å². The van der Waals surface area contributed by atoms with Gasteiger partial charge in [0.05, 0.1) is 34.3 Å². The Morgan fingerprint density at radius 2 is 1.86 bits per heavy atom. The molecule has 7 rings (SSSR count). The Balaban J connectivity index is 1.19. The zero-order valence-electron chi connectivity index (χ0n) is 21.0. The van der Waals surface area contributed by atoms with Gasteiger partial charge in [0.2, 0.25) is 5.91 Å². The molecule has 2 aromatic heterocycles. The lowest BCUT2D eigenvalue weighted by atomic mass is 9.50. The van der Waals surface area contributed by atoms with Crippen molar-refractivity contribution in [2.45, 2.75) is 50.0 Å². The Kier molecular flexibility index (Phi) is 5.38. The number of hydrogen-bond donors (Lipinski definition) is 1. The summed E-state index contributed by atoms with van der Waals surface area (Å²) in [6, 6.07) is 10.4. The SMILES string of the molecule is Cc1cc(CC(=O)Nc2cnn(C34CC(C3)C4)c2)cc(C)c1Oc1ccnc2ccc(S(C)(=O)=O)cc12. The highest BCUT2D eigenvalue weighted by atomic mass is 32.2.